The summed E-state index contributed by atoms with van der Waals surface area (Å²) in [6.45, 7) is 1.94. The van der Waals surface area contributed by atoms with E-state index in [9.17, 15) is 4.79 Å². The molecule has 1 fully saturated rings. The number of amides is 1. The Morgan fingerprint density at radius 2 is 1.52 bits per heavy atom. The highest BCUT2D eigenvalue weighted by Gasteiger charge is 2.22. The Kier molecular flexibility index (Phi) is 8.04. The van der Waals surface area contributed by atoms with Crippen LogP contribution in [0.1, 0.15) is 38.5 Å². The lowest BCUT2D eigenvalue weighted by atomic mass is 9.79. The summed E-state index contributed by atoms with van der Waals surface area (Å²) in [7, 11) is 6.09. The minimum Gasteiger partial charge on any atom is -0.410 e. The Morgan fingerprint density at radius 3 is 2.04 bits per heavy atom. The topological polar surface area (TPSA) is 32.8 Å². The van der Waals surface area contributed by atoms with Gasteiger partial charge in [0.15, 0.2) is 0 Å². The van der Waals surface area contributed by atoms with Gasteiger partial charge in [0.25, 0.3) is 0 Å². The molecule has 1 aliphatic rings. The van der Waals surface area contributed by atoms with E-state index >= 15 is 0 Å². The maximum Gasteiger partial charge on any atom is 0.414 e. The number of nitrogens with zero attached hydrogens (tertiary/aromatic N) is 2. The Morgan fingerprint density at radius 1 is 1.00 bits per heavy atom. The molecule has 0 heterocycles. The van der Waals surface area contributed by atoms with Gasteiger partial charge in [-0.05, 0) is 69.6 Å². The van der Waals surface area contributed by atoms with E-state index in [0.29, 0.717) is 10.8 Å². The van der Waals surface area contributed by atoms with E-state index in [1.54, 1.807) is 36.2 Å². The first kappa shape index (κ1) is 20.1. The Balaban J connectivity index is 1.65. The standard InChI is InChI=1S/C20H31ClN2O2/c1-22(2)14-12-16-4-6-17(7-5-16)13-15-23(3)20(24)25-19-10-8-18(21)9-11-19/h8-11,16-17H,4-7,12-15H2,1-3H3/t16-,17-. The molecule has 0 spiro atoms. The summed E-state index contributed by atoms with van der Waals surface area (Å²) in [6, 6.07) is 6.87. The molecule has 0 aliphatic heterocycles. The van der Waals surface area contributed by atoms with Gasteiger partial charge in [-0.1, -0.05) is 37.3 Å². The fraction of sp³-hybridized carbons (Fsp3) is 0.650. The quantitative estimate of drug-likeness (QED) is 0.686. The van der Waals surface area contributed by atoms with Crippen molar-refractivity contribution >= 4 is 17.7 Å². The minimum absolute atomic E-state index is 0.304. The van der Waals surface area contributed by atoms with Gasteiger partial charge in [-0.15, -0.1) is 0 Å². The predicted octanol–water partition coefficient (Wildman–Crippen LogP) is 4.92. The molecule has 0 saturated heterocycles. The van der Waals surface area contributed by atoms with Crippen LogP contribution in [0.5, 0.6) is 5.75 Å². The van der Waals surface area contributed by atoms with Crippen molar-refractivity contribution in [1.82, 2.24) is 9.80 Å². The number of hydrogen-bond acceptors (Lipinski definition) is 3. The molecule has 4 nitrogen and oxygen atoms in total. The number of carbonyl (C=O) groups is 1. The molecule has 0 bridgehead atoms. The highest BCUT2D eigenvalue weighted by molar-refractivity contribution is 6.30. The summed E-state index contributed by atoms with van der Waals surface area (Å²) >= 11 is 5.84. The SMILES string of the molecule is CN(C)CC[C@H]1CC[C@H](CCN(C)C(=O)Oc2ccc(Cl)cc2)CC1. The maximum absolute atomic E-state index is 12.1. The summed E-state index contributed by atoms with van der Waals surface area (Å²) in [5.41, 5.74) is 0. The Bertz CT molecular complexity index is 525. The first-order chi connectivity index (χ1) is 11.9. The molecule has 1 aromatic carbocycles. The monoisotopic (exact) mass is 366 g/mol. The van der Waals surface area contributed by atoms with Crippen LogP contribution in [0.15, 0.2) is 24.3 Å². The van der Waals surface area contributed by atoms with Crippen LogP contribution < -0.4 is 4.74 Å². The fourth-order valence-electron chi connectivity index (χ4n) is 3.40. The minimum atomic E-state index is -0.304. The van der Waals surface area contributed by atoms with Crippen molar-refractivity contribution in [3.05, 3.63) is 29.3 Å². The van der Waals surface area contributed by atoms with E-state index in [4.69, 9.17) is 16.3 Å². The van der Waals surface area contributed by atoms with Crippen LogP contribution in [0.4, 0.5) is 4.79 Å². The van der Waals surface area contributed by atoms with Gasteiger partial charge in [-0.25, -0.2) is 4.79 Å². The number of ether oxygens (including phenoxy) is 1. The molecule has 1 amide bonds. The molecule has 0 aromatic heterocycles. The molecule has 2 rings (SSSR count). The van der Waals surface area contributed by atoms with Crippen LogP contribution in [0.25, 0.3) is 0 Å². The first-order valence-electron chi connectivity index (χ1n) is 9.27. The van der Waals surface area contributed by atoms with Gasteiger partial charge in [-0.3, -0.25) is 0 Å². The highest BCUT2D eigenvalue weighted by Crippen LogP contribution is 2.32. The second-order valence-electron chi connectivity index (χ2n) is 7.51. The van der Waals surface area contributed by atoms with E-state index in [0.717, 1.165) is 24.8 Å². The van der Waals surface area contributed by atoms with Crippen LogP contribution in [-0.4, -0.2) is 50.1 Å². The second-order valence-corrected chi connectivity index (χ2v) is 7.95. The zero-order chi connectivity index (χ0) is 18.2. The van der Waals surface area contributed by atoms with Gasteiger partial charge >= 0.3 is 6.09 Å². The number of benzene rings is 1. The van der Waals surface area contributed by atoms with Gasteiger partial charge in [-0.2, -0.15) is 0 Å². The number of rotatable bonds is 7. The molecule has 25 heavy (non-hydrogen) atoms. The largest absolute Gasteiger partial charge is 0.414 e. The third-order valence-electron chi connectivity index (χ3n) is 5.15. The van der Waals surface area contributed by atoms with E-state index in [2.05, 4.69) is 19.0 Å². The molecular weight excluding hydrogens is 336 g/mol. The predicted molar refractivity (Wildman–Crippen MR) is 103 cm³/mol. The van der Waals surface area contributed by atoms with Crippen LogP contribution in [0.3, 0.4) is 0 Å². The lowest BCUT2D eigenvalue weighted by molar-refractivity contribution is 0.155. The molecule has 0 radical (unpaired) electrons. The fourth-order valence-corrected chi connectivity index (χ4v) is 3.52. The van der Waals surface area contributed by atoms with Crippen molar-refractivity contribution in [2.24, 2.45) is 11.8 Å². The number of halogens is 1. The lowest BCUT2D eigenvalue weighted by Crippen LogP contribution is -2.32. The summed E-state index contributed by atoms with van der Waals surface area (Å²) < 4.78 is 5.37. The zero-order valence-electron chi connectivity index (χ0n) is 15.7. The number of hydrogen-bond donors (Lipinski definition) is 0. The smallest absolute Gasteiger partial charge is 0.410 e. The third kappa shape index (κ3) is 7.25. The zero-order valence-corrected chi connectivity index (χ0v) is 16.5. The van der Waals surface area contributed by atoms with E-state index in [-0.39, 0.29) is 6.09 Å². The van der Waals surface area contributed by atoms with E-state index < -0.39 is 0 Å². The normalized spacial score (nSPS) is 20.5. The van der Waals surface area contributed by atoms with Gasteiger partial charge in [0, 0.05) is 18.6 Å². The molecule has 1 aromatic rings. The molecule has 0 unspecified atom stereocenters. The summed E-state index contributed by atoms with van der Waals surface area (Å²) in [4.78, 5) is 16.1. The third-order valence-corrected chi connectivity index (χ3v) is 5.41. The Labute approximate surface area is 157 Å². The first-order valence-corrected chi connectivity index (χ1v) is 9.65. The van der Waals surface area contributed by atoms with Gasteiger partial charge in [0.05, 0.1) is 0 Å². The molecule has 0 atom stereocenters. The van der Waals surface area contributed by atoms with Crippen LogP contribution in [0, 0.1) is 11.8 Å². The van der Waals surface area contributed by atoms with E-state index in [1.165, 1.54) is 38.6 Å². The van der Waals surface area contributed by atoms with Gasteiger partial charge in [0.2, 0.25) is 0 Å². The Hall–Kier alpha value is -1.26. The molecule has 140 valence electrons. The van der Waals surface area contributed by atoms with Crippen LogP contribution >= 0.6 is 11.6 Å². The van der Waals surface area contributed by atoms with Crippen molar-refractivity contribution in [1.29, 1.82) is 0 Å². The van der Waals surface area contributed by atoms with Crippen LogP contribution in [0.2, 0.25) is 5.02 Å². The van der Waals surface area contributed by atoms with E-state index in [1.807, 2.05) is 0 Å². The summed E-state index contributed by atoms with van der Waals surface area (Å²) in [5.74, 6) is 2.15. The summed E-state index contributed by atoms with van der Waals surface area (Å²) in [6.07, 6.45) is 7.31. The number of carbonyl (C=O) groups excluding carboxylic acids is 1. The molecule has 1 aliphatic carbocycles. The summed E-state index contributed by atoms with van der Waals surface area (Å²) in [5, 5.41) is 0.634. The maximum atomic E-state index is 12.1. The van der Waals surface area contributed by atoms with Crippen molar-refractivity contribution < 1.29 is 9.53 Å². The molecule has 1 saturated carbocycles. The lowest BCUT2D eigenvalue weighted by Gasteiger charge is -2.30. The second kappa shape index (κ2) is 10.0. The average Bonchev–Trinajstić information content (AvgIpc) is 2.60. The molecule has 5 heteroatoms. The molecular formula is C20H31ClN2O2. The van der Waals surface area contributed by atoms with Gasteiger partial charge < -0.3 is 14.5 Å². The molecule has 0 N–H and O–H groups in total. The van der Waals surface area contributed by atoms with Crippen molar-refractivity contribution in [3.8, 4) is 5.75 Å². The van der Waals surface area contributed by atoms with Crippen LogP contribution in [-0.2, 0) is 0 Å². The van der Waals surface area contributed by atoms with Gasteiger partial charge in [0.1, 0.15) is 5.75 Å². The van der Waals surface area contributed by atoms with Crippen molar-refractivity contribution in [2.75, 3.05) is 34.2 Å². The van der Waals surface area contributed by atoms with Crippen molar-refractivity contribution in [2.45, 2.75) is 38.5 Å². The highest BCUT2D eigenvalue weighted by atomic mass is 35.5. The van der Waals surface area contributed by atoms with Crippen molar-refractivity contribution in [3.63, 3.8) is 0 Å². The average molecular weight is 367 g/mol.